The Hall–Kier alpha value is -1.20. The molecule has 102 valence electrons. The van der Waals surface area contributed by atoms with E-state index in [9.17, 15) is 0 Å². The molecule has 0 radical (unpaired) electrons. The van der Waals surface area contributed by atoms with E-state index in [1.54, 1.807) is 0 Å². The molecular formula is C13H24N4O. The summed E-state index contributed by atoms with van der Waals surface area (Å²) in [7, 11) is 0. The first-order chi connectivity index (χ1) is 8.54. The number of hydrogen-bond donors (Lipinski definition) is 2. The van der Waals surface area contributed by atoms with Crippen LogP contribution in [0.3, 0.4) is 0 Å². The summed E-state index contributed by atoms with van der Waals surface area (Å²) < 4.78 is 5.64. The highest BCUT2D eigenvalue weighted by molar-refractivity contribution is 5.47. The first-order valence-corrected chi connectivity index (χ1v) is 6.51. The van der Waals surface area contributed by atoms with Gasteiger partial charge in [0.05, 0.1) is 0 Å². The van der Waals surface area contributed by atoms with Crippen LogP contribution in [-0.2, 0) is 4.74 Å². The molecule has 5 nitrogen and oxygen atoms in total. The summed E-state index contributed by atoms with van der Waals surface area (Å²) in [6.07, 6.45) is 0.778. The molecule has 0 spiro atoms. The number of anilines is 1. The largest absolute Gasteiger partial charge is 0.371 e. The van der Waals surface area contributed by atoms with Gasteiger partial charge < -0.3 is 10.2 Å². The predicted molar refractivity (Wildman–Crippen MR) is 73.3 cm³/mol. The van der Waals surface area contributed by atoms with Crippen molar-refractivity contribution in [3.05, 3.63) is 17.1 Å². The Kier molecular flexibility index (Phi) is 5.50. The second-order valence-electron chi connectivity index (χ2n) is 4.58. The molecule has 1 aromatic rings. The van der Waals surface area contributed by atoms with Gasteiger partial charge >= 0.3 is 0 Å². The number of aryl methyl sites for hydroxylation is 1. The minimum absolute atomic E-state index is 0.0676. The molecule has 1 unspecified atom stereocenters. The van der Waals surface area contributed by atoms with Crippen LogP contribution in [0, 0.1) is 6.92 Å². The van der Waals surface area contributed by atoms with Crippen LogP contribution in [-0.4, -0.2) is 16.6 Å². The molecule has 1 atom stereocenters. The third kappa shape index (κ3) is 3.17. The van der Waals surface area contributed by atoms with Crippen molar-refractivity contribution < 1.29 is 4.74 Å². The van der Waals surface area contributed by atoms with Crippen LogP contribution >= 0.6 is 0 Å². The number of nitrogens with zero attached hydrogens (tertiary/aromatic N) is 2. The second kappa shape index (κ2) is 6.66. The van der Waals surface area contributed by atoms with Crippen LogP contribution in [0.15, 0.2) is 0 Å². The molecule has 0 saturated heterocycles. The Balaban J connectivity index is 3.20. The lowest BCUT2D eigenvalue weighted by Crippen LogP contribution is -2.17. The Morgan fingerprint density at radius 1 is 1.28 bits per heavy atom. The molecule has 0 bridgehead atoms. The van der Waals surface area contributed by atoms with Crippen LogP contribution in [0.2, 0.25) is 0 Å². The Labute approximate surface area is 109 Å². The summed E-state index contributed by atoms with van der Waals surface area (Å²) in [6, 6.07) is 0. The number of hydrazine groups is 1. The van der Waals surface area contributed by atoms with Crippen molar-refractivity contribution in [1.82, 2.24) is 9.97 Å². The molecule has 5 heteroatoms. The number of hydrogen-bond acceptors (Lipinski definition) is 5. The van der Waals surface area contributed by atoms with Crippen molar-refractivity contribution in [3.8, 4) is 0 Å². The normalized spacial score (nSPS) is 12.8. The van der Waals surface area contributed by atoms with Gasteiger partial charge in [0.2, 0.25) is 0 Å². The molecule has 0 saturated carbocycles. The Morgan fingerprint density at radius 2 is 1.94 bits per heavy atom. The van der Waals surface area contributed by atoms with Gasteiger partial charge in [0, 0.05) is 17.9 Å². The van der Waals surface area contributed by atoms with E-state index >= 15 is 0 Å². The van der Waals surface area contributed by atoms with Gasteiger partial charge in [-0.25, -0.2) is 15.8 Å². The highest BCUT2D eigenvalue weighted by atomic mass is 16.5. The third-order valence-electron chi connectivity index (χ3n) is 2.89. The van der Waals surface area contributed by atoms with E-state index in [1.807, 2.05) is 13.8 Å². The maximum absolute atomic E-state index is 5.64. The Bertz CT molecular complexity index is 393. The van der Waals surface area contributed by atoms with Gasteiger partial charge in [-0.1, -0.05) is 20.8 Å². The molecule has 0 fully saturated rings. The summed E-state index contributed by atoms with van der Waals surface area (Å²) in [6.45, 7) is 10.9. The van der Waals surface area contributed by atoms with Crippen LogP contribution < -0.4 is 11.3 Å². The van der Waals surface area contributed by atoms with Gasteiger partial charge in [-0.3, -0.25) is 0 Å². The third-order valence-corrected chi connectivity index (χ3v) is 2.89. The van der Waals surface area contributed by atoms with E-state index in [0.717, 1.165) is 17.7 Å². The summed E-state index contributed by atoms with van der Waals surface area (Å²) in [5.41, 5.74) is 4.69. The van der Waals surface area contributed by atoms with Crippen LogP contribution in [0.5, 0.6) is 0 Å². The molecule has 0 amide bonds. The quantitative estimate of drug-likeness (QED) is 0.601. The van der Waals surface area contributed by atoms with Crippen molar-refractivity contribution in [2.45, 2.75) is 53.1 Å². The van der Waals surface area contributed by atoms with Crippen molar-refractivity contribution in [2.24, 2.45) is 5.84 Å². The van der Waals surface area contributed by atoms with Gasteiger partial charge in [-0.15, -0.1) is 0 Å². The van der Waals surface area contributed by atoms with Gasteiger partial charge in [0.15, 0.2) is 5.82 Å². The number of nitrogen functional groups attached to an aromatic ring is 1. The topological polar surface area (TPSA) is 73.1 Å². The van der Waals surface area contributed by atoms with Gasteiger partial charge in [0.1, 0.15) is 11.9 Å². The molecule has 1 heterocycles. The summed E-state index contributed by atoms with van der Waals surface area (Å²) in [5, 5.41) is 0. The lowest BCUT2D eigenvalue weighted by atomic mass is 10.0. The minimum atomic E-state index is -0.0676. The fourth-order valence-corrected chi connectivity index (χ4v) is 2.12. The first kappa shape index (κ1) is 14.9. The van der Waals surface area contributed by atoms with E-state index < -0.39 is 0 Å². The van der Waals surface area contributed by atoms with Crippen molar-refractivity contribution in [1.29, 1.82) is 0 Å². The zero-order chi connectivity index (χ0) is 13.7. The molecule has 18 heavy (non-hydrogen) atoms. The molecular weight excluding hydrogens is 228 g/mol. The predicted octanol–water partition coefficient (Wildman–Crippen LogP) is 2.68. The average Bonchev–Trinajstić information content (AvgIpc) is 2.34. The average molecular weight is 252 g/mol. The first-order valence-electron chi connectivity index (χ1n) is 6.51. The summed E-state index contributed by atoms with van der Waals surface area (Å²) >= 11 is 0. The molecule has 0 aliphatic rings. The van der Waals surface area contributed by atoms with Crippen LogP contribution in [0.1, 0.15) is 63.2 Å². The molecule has 1 rings (SSSR count). The number of nitrogens with two attached hydrogens (primary N) is 1. The van der Waals surface area contributed by atoms with E-state index in [1.165, 1.54) is 0 Å². The fourth-order valence-electron chi connectivity index (χ4n) is 2.12. The number of aromatic nitrogens is 2. The van der Waals surface area contributed by atoms with E-state index in [4.69, 9.17) is 10.6 Å². The highest BCUT2D eigenvalue weighted by Crippen LogP contribution is 2.27. The fraction of sp³-hybridized carbons (Fsp3) is 0.692. The Morgan fingerprint density at radius 3 is 2.39 bits per heavy atom. The lowest BCUT2D eigenvalue weighted by molar-refractivity contribution is 0.0534. The number of rotatable bonds is 6. The lowest BCUT2D eigenvalue weighted by Gasteiger charge is -2.19. The van der Waals surface area contributed by atoms with Gasteiger partial charge in [-0.2, -0.15) is 0 Å². The number of ether oxygens (including phenoxy) is 1. The van der Waals surface area contributed by atoms with E-state index in [2.05, 4.69) is 36.2 Å². The van der Waals surface area contributed by atoms with Crippen molar-refractivity contribution in [2.75, 3.05) is 12.0 Å². The monoisotopic (exact) mass is 252 g/mol. The second-order valence-corrected chi connectivity index (χ2v) is 4.58. The number of nitrogens with one attached hydrogen (secondary N) is 1. The van der Waals surface area contributed by atoms with E-state index in [0.29, 0.717) is 24.2 Å². The van der Waals surface area contributed by atoms with Crippen LogP contribution in [0.25, 0.3) is 0 Å². The minimum Gasteiger partial charge on any atom is -0.371 e. The van der Waals surface area contributed by atoms with Gasteiger partial charge in [-0.05, 0) is 26.2 Å². The molecule has 3 N–H and O–H groups in total. The zero-order valence-electron chi connectivity index (χ0n) is 11.9. The standard InChI is InChI=1S/C13H24N4O/c1-6-10(18-7-2)12-15-9(5)11(8(3)4)13(16-12)17-14/h8,10H,6-7,14H2,1-5H3,(H,15,16,17). The van der Waals surface area contributed by atoms with Crippen molar-refractivity contribution >= 4 is 5.82 Å². The zero-order valence-corrected chi connectivity index (χ0v) is 11.9. The molecule has 1 aromatic heterocycles. The van der Waals surface area contributed by atoms with Crippen LogP contribution in [0.4, 0.5) is 5.82 Å². The van der Waals surface area contributed by atoms with Crippen molar-refractivity contribution in [3.63, 3.8) is 0 Å². The van der Waals surface area contributed by atoms with Gasteiger partial charge in [0.25, 0.3) is 0 Å². The maximum Gasteiger partial charge on any atom is 0.159 e. The molecule has 0 aromatic carbocycles. The molecule has 0 aliphatic heterocycles. The summed E-state index contributed by atoms with van der Waals surface area (Å²) in [5.74, 6) is 7.29. The van der Waals surface area contributed by atoms with E-state index in [-0.39, 0.29) is 6.10 Å². The summed E-state index contributed by atoms with van der Waals surface area (Å²) in [4.78, 5) is 9.05. The maximum atomic E-state index is 5.64. The molecule has 0 aliphatic carbocycles. The SMILES string of the molecule is CCOC(CC)c1nc(C)c(C(C)C)c(NN)n1. The highest BCUT2D eigenvalue weighted by Gasteiger charge is 2.18. The smallest absolute Gasteiger partial charge is 0.159 e.